The molecule has 1 aromatic heterocycles. The molecule has 1 aliphatic heterocycles. The lowest BCUT2D eigenvalue weighted by Gasteiger charge is -2.24. The van der Waals surface area contributed by atoms with Crippen molar-refractivity contribution in [1.29, 1.82) is 5.26 Å². The summed E-state index contributed by atoms with van der Waals surface area (Å²) in [6.07, 6.45) is 30.2. The summed E-state index contributed by atoms with van der Waals surface area (Å²) in [5.74, 6) is 0.935. The number of allylic oxidation sites excluding steroid dienone is 14. The van der Waals surface area contributed by atoms with E-state index in [0.29, 0.717) is 17.4 Å². The second kappa shape index (κ2) is 14.7. The van der Waals surface area contributed by atoms with Gasteiger partial charge in [0.1, 0.15) is 11.2 Å². The second-order valence-corrected chi connectivity index (χ2v) is 15.6. The van der Waals surface area contributed by atoms with Crippen molar-refractivity contribution in [1.82, 2.24) is 0 Å². The van der Waals surface area contributed by atoms with Crippen LogP contribution in [0.2, 0.25) is 0 Å². The molecule has 3 unspecified atom stereocenters. The molecule has 0 fully saturated rings. The average molecular weight is 735 g/mol. The summed E-state index contributed by atoms with van der Waals surface area (Å²) < 4.78 is 6.51. The number of aliphatic imine (C=N–C) groups is 1. The van der Waals surface area contributed by atoms with Gasteiger partial charge in [0.15, 0.2) is 0 Å². The Kier molecular flexibility index (Phi) is 8.96. The summed E-state index contributed by atoms with van der Waals surface area (Å²) in [7, 11) is 0. The van der Waals surface area contributed by atoms with Gasteiger partial charge in [0.25, 0.3) is 0 Å². The lowest BCUT2D eigenvalue weighted by molar-refractivity contribution is 0.672. The van der Waals surface area contributed by atoms with E-state index in [1.54, 1.807) is 0 Å². The summed E-state index contributed by atoms with van der Waals surface area (Å²) in [5, 5.41) is 13.9. The van der Waals surface area contributed by atoms with Crippen LogP contribution in [0.5, 0.6) is 0 Å². The number of hydrogen-bond acceptors (Lipinski definition) is 3. The fraction of sp³-hybridized carbons (Fsp3) is 0.148. The minimum absolute atomic E-state index is 0.114. The molecule has 2 heterocycles. The minimum Gasteiger partial charge on any atom is -0.455 e. The molecule has 0 saturated heterocycles. The quantitative estimate of drug-likeness (QED) is 0.171. The van der Waals surface area contributed by atoms with Crippen molar-refractivity contribution in [2.45, 2.75) is 38.0 Å². The third-order valence-electron chi connectivity index (χ3n) is 12.2. The van der Waals surface area contributed by atoms with E-state index in [2.05, 4.69) is 134 Å². The molecule has 0 N–H and O–H groups in total. The van der Waals surface area contributed by atoms with Gasteiger partial charge in [0.05, 0.1) is 17.3 Å². The van der Waals surface area contributed by atoms with Gasteiger partial charge in [-0.15, -0.1) is 0 Å². The Morgan fingerprint density at radius 1 is 0.702 bits per heavy atom. The van der Waals surface area contributed by atoms with E-state index >= 15 is 0 Å². The van der Waals surface area contributed by atoms with Crippen LogP contribution in [-0.2, 0) is 0 Å². The summed E-state index contributed by atoms with van der Waals surface area (Å²) in [4.78, 5) is 5.45. The first-order valence-electron chi connectivity index (χ1n) is 20.2. The highest BCUT2D eigenvalue weighted by molar-refractivity contribution is 6.20. The number of furan rings is 1. The molecule has 0 bridgehead atoms. The van der Waals surface area contributed by atoms with Crippen LogP contribution in [0.15, 0.2) is 197 Å². The molecule has 5 aromatic carbocycles. The molecule has 274 valence electrons. The average Bonchev–Trinajstić information content (AvgIpc) is 3.57. The van der Waals surface area contributed by atoms with E-state index in [9.17, 15) is 5.26 Å². The molecule has 3 nitrogen and oxygen atoms in total. The number of nitrogens with zero attached hydrogens (tertiary/aromatic N) is 2. The van der Waals surface area contributed by atoms with Crippen molar-refractivity contribution in [2.24, 2.45) is 16.8 Å². The summed E-state index contributed by atoms with van der Waals surface area (Å²) in [6, 6.07) is 36.4. The number of benzene rings is 5. The van der Waals surface area contributed by atoms with Gasteiger partial charge in [0.2, 0.25) is 0 Å². The number of fused-ring (bicyclic) bond motifs is 5. The monoisotopic (exact) mass is 734 g/mol. The van der Waals surface area contributed by atoms with E-state index in [-0.39, 0.29) is 5.92 Å². The number of nitriles is 1. The first-order valence-corrected chi connectivity index (χ1v) is 20.2. The molecule has 0 saturated carbocycles. The normalized spacial score (nSPS) is 20.6. The smallest absolute Gasteiger partial charge is 0.143 e. The maximum atomic E-state index is 10.1. The van der Waals surface area contributed by atoms with E-state index in [1.165, 1.54) is 16.7 Å². The van der Waals surface area contributed by atoms with Crippen LogP contribution in [0.4, 0.5) is 0 Å². The number of rotatable bonds is 6. The predicted molar refractivity (Wildman–Crippen MR) is 237 cm³/mol. The van der Waals surface area contributed by atoms with Gasteiger partial charge >= 0.3 is 0 Å². The highest BCUT2D eigenvalue weighted by Crippen LogP contribution is 2.42. The largest absolute Gasteiger partial charge is 0.455 e. The van der Waals surface area contributed by atoms with Crippen molar-refractivity contribution in [2.75, 3.05) is 0 Å². The fourth-order valence-electron chi connectivity index (χ4n) is 9.09. The Labute approximate surface area is 334 Å². The highest BCUT2D eigenvalue weighted by Gasteiger charge is 2.26. The van der Waals surface area contributed by atoms with E-state index in [1.807, 2.05) is 42.5 Å². The predicted octanol–water partition coefficient (Wildman–Crippen LogP) is 14.1. The van der Waals surface area contributed by atoms with Gasteiger partial charge < -0.3 is 4.42 Å². The third kappa shape index (κ3) is 6.48. The molecular formula is C54H42N2O. The third-order valence-corrected chi connectivity index (χ3v) is 12.2. The van der Waals surface area contributed by atoms with Crippen molar-refractivity contribution in [3.8, 4) is 17.2 Å². The van der Waals surface area contributed by atoms with Crippen molar-refractivity contribution >= 4 is 44.1 Å². The molecule has 57 heavy (non-hydrogen) atoms. The van der Waals surface area contributed by atoms with Crippen LogP contribution < -0.4 is 0 Å². The molecule has 0 radical (unpaired) electrons. The topological polar surface area (TPSA) is 49.3 Å². The summed E-state index contributed by atoms with van der Waals surface area (Å²) in [5.41, 5.74) is 13.8. The molecule has 0 amide bonds. The Hall–Kier alpha value is -6.76. The van der Waals surface area contributed by atoms with Crippen LogP contribution >= 0.6 is 0 Å². The van der Waals surface area contributed by atoms with Crippen molar-refractivity contribution < 1.29 is 4.42 Å². The Morgan fingerprint density at radius 2 is 1.53 bits per heavy atom. The SMILES string of the molecule is C=C1C=C(c2ccc(C3C=CC=CC3)cc2)N=C(c2ccc(-c3cccc4oc5c6ccccc6c(C#N)cc5c34)cc2)CC1C1=CCC(C2=CCCC=C2)C=C1. The van der Waals surface area contributed by atoms with E-state index < -0.39 is 0 Å². The molecule has 10 rings (SSSR count). The summed E-state index contributed by atoms with van der Waals surface area (Å²) >= 11 is 0. The molecule has 4 aliphatic rings. The zero-order chi connectivity index (χ0) is 38.3. The molecule has 6 aromatic rings. The molecule has 3 heteroatoms. The van der Waals surface area contributed by atoms with E-state index in [0.717, 1.165) is 104 Å². The van der Waals surface area contributed by atoms with Gasteiger partial charge in [-0.3, -0.25) is 4.99 Å². The van der Waals surface area contributed by atoms with Gasteiger partial charge in [-0.2, -0.15) is 5.26 Å². The standard InChI is InChI=1S/C54H42N2O/c1-35-31-50(42-27-21-39(22-28-42)37-13-6-3-7-14-37)56-51(33-48(35)41-23-19-38(20-24-41)36-11-4-2-5-12-36)43-29-25-40(26-30-43)46-17-10-18-52-53(46)49-32-44(34-55)45-15-8-9-16-47(45)54(49)57-52/h3-4,6-13,15-19,21-32,37-38,48H,1-2,5,14,20,33H2. The maximum absolute atomic E-state index is 10.1. The lowest BCUT2D eigenvalue weighted by atomic mass is 9.80. The van der Waals surface area contributed by atoms with Crippen LogP contribution in [-0.4, -0.2) is 5.71 Å². The zero-order valence-corrected chi connectivity index (χ0v) is 31.9. The Bertz CT molecular complexity index is 2890. The molecule has 3 aliphatic carbocycles. The zero-order valence-electron chi connectivity index (χ0n) is 31.9. The first-order chi connectivity index (χ1) is 28.1. The fourth-order valence-corrected chi connectivity index (χ4v) is 9.09. The Balaban J connectivity index is 1.02. The molecular weight excluding hydrogens is 693 g/mol. The molecule has 3 atom stereocenters. The summed E-state index contributed by atoms with van der Waals surface area (Å²) in [6.45, 7) is 4.68. The minimum atomic E-state index is 0.114. The van der Waals surface area contributed by atoms with Crippen molar-refractivity contribution in [3.05, 3.63) is 209 Å². The van der Waals surface area contributed by atoms with Crippen molar-refractivity contribution in [3.63, 3.8) is 0 Å². The van der Waals surface area contributed by atoms with Gasteiger partial charge in [0, 0.05) is 57.0 Å². The number of hydrogen-bond donors (Lipinski definition) is 0. The van der Waals surface area contributed by atoms with Crippen LogP contribution in [0.1, 0.15) is 60.3 Å². The van der Waals surface area contributed by atoms with E-state index in [4.69, 9.17) is 9.41 Å². The second-order valence-electron chi connectivity index (χ2n) is 15.6. The van der Waals surface area contributed by atoms with Crippen LogP contribution in [0.3, 0.4) is 0 Å². The highest BCUT2D eigenvalue weighted by atomic mass is 16.3. The maximum Gasteiger partial charge on any atom is 0.143 e. The first kappa shape index (κ1) is 34.7. The van der Waals surface area contributed by atoms with Gasteiger partial charge in [-0.1, -0.05) is 152 Å². The van der Waals surface area contributed by atoms with Gasteiger partial charge in [-0.05, 0) is 82.9 Å². The molecule has 0 spiro atoms. The Morgan fingerprint density at radius 3 is 2.28 bits per heavy atom. The van der Waals surface area contributed by atoms with Crippen LogP contribution in [0, 0.1) is 23.2 Å². The lowest BCUT2D eigenvalue weighted by Crippen LogP contribution is -2.14. The van der Waals surface area contributed by atoms with Crippen LogP contribution in [0.25, 0.3) is 49.5 Å². The van der Waals surface area contributed by atoms with Gasteiger partial charge in [-0.25, -0.2) is 0 Å².